The van der Waals surface area contributed by atoms with Crippen LogP contribution >= 0.6 is 7.82 Å². The van der Waals surface area contributed by atoms with Gasteiger partial charge in [-0.15, -0.1) is 0 Å². The maximum absolute atomic E-state index is 10.3. The fraction of sp³-hybridized carbons (Fsp3) is 0.538. The third-order valence-electron chi connectivity index (χ3n) is 2.58. The van der Waals surface area contributed by atoms with Gasteiger partial charge in [0.25, 0.3) is 0 Å². The lowest BCUT2D eigenvalue weighted by molar-refractivity contribution is 0.189. The predicted molar refractivity (Wildman–Crippen MR) is 76.7 cm³/mol. The second-order valence-electron chi connectivity index (χ2n) is 3.87. The van der Waals surface area contributed by atoms with Gasteiger partial charge in [0.1, 0.15) is 0 Å². The van der Waals surface area contributed by atoms with E-state index >= 15 is 0 Å². The van der Waals surface area contributed by atoms with Crippen molar-refractivity contribution >= 4 is 7.82 Å². The molecule has 0 aliphatic heterocycles. The Balaban J connectivity index is 0.000000399. The van der Waals surface area contributed by atoms with Crippen molar-refractivity contribution in [1.82, 2.24) is 4.90 Å². The zero-order chi connectivity index (χ0) is 14.7. The largest absolute Gasteiger partial charge is 0.469 e. The van der Waals surface area contributed by atoms with Crippen LogP contribution < -0.4 is 0 Å². The van der Waals surface area contributed by atoms with E-state index in [9.17, 15) is 4.57 Å². The Bertz CT molecular complexity index is 357. The molecule has 0 amide bonds. The van der Waals surface area contributed by atoms with Crippen molar-refractivity contribution in [2.24, 2.45) is 0 Å². The van der Waals surface area contributed by atoms with E-state index in [0.29, 0.717) is 0 Å². The van der Waals surface area contributed by atoms with Crippen molar-refractivity contribution in [3.8, 4) is 0 Å². The second-order valence-corrected chi connectivity index (χ2v) is 5.11. The first kappa shape index (κ1) is 18.3. The van der Waals surface area contributed by atoms with Gasteiger partial charge in [0, 0.05) is 0 Å². The van der Waals surface area contributed by atoms with Crippen LogP contribution in [0.5, 0.6) is 0 Å². The van der Waals surface area contributed by atoms with Crippen molar-refractivity contribution in [2.45, 2.75) is 27.4 Å². The summed E-state index contributed by atoms with van der Waals surface area (Å²) < 4.78 is 14.6. The van der Waals surface area contributed by atoms with Gasteiger partial charge >= 0.3 is 7.82 Å². The van der Waals surface area contributed by atoms with E-state index in [1.807, 2.05) is 6.07 Å². The molecule has 0 bridgehead atoms. The lowest BCUT2D eigenvalue weighted by Crippen LogP contribution is -2.21. The molecule has 0 aliphatic carbocycles. The molecule has 0 aliphatic rings. The Morgan fingerprint density at radius 3 is 1.84 bits per heavy atom. The zero-order valence-corrected chi connectivity index (χ0v) is 12.7. The highest BCUT2D eigenvalue weighted by Gasteiger charge is 2.12. The maximum Gasteiger partial charge on any atom is 0.469 e. The molecule has 0 saturated carbocycles. The zero-order valence-electron chi connectivity index (χ0n) is 11.8. The molecule has 2 N–H and O–H groups in total. The smallest absolute Gasteiger partial charge is 0.304 e. The average Bonchev–Trinajstić information content (AvgIpc) is 2.40. The minimum absolute atomic E-state index is 0.0644. The SMILES string of the molecule is CCN(CC)CC.O=P(O)(O)OCc1ccccc1. The monoisotopic (exact) mass is 289 g/mol. The summed E-state index contributed by atoms with van der Waals surface area (Å²) in [7, 11) is -4.33. The highest BCUT2D eigenvalue weighted by Crippen LogP contribution is 2.36. The van der Waals surface area contributed by atoms with Crippen LogP contribution in [-0.2, 0) is 15.7 Å². The van der Waals surface area contributed by atoms with Crippen LogP contribution in [-0.4, -0.2) is 34.3 Å². The van der Waals surface area contributed by atoms with Crippen molar-refractivity contribution < 1.29 is 18.9 Å². The first-order valence-corrected chi connectivity index (χ1v) is 7.92. The van der Waals surface area contributed by atoms with Crippen molar-refractivity contribution in [2.75, 3.05) is 19.6 Å². The number of phosphoric acid groups is 1. The first-order chi connectivity index (χ1) is 8.92. The van der Waals surface area contributed by atoms with Gasteiger partial charge in [-0.25, -0.2) is 4.57 Å². The van der Waals surface area contributed by atoms with Crippen molar-refractivity contribution in [3.63, 3.8) is 0 Å². The Hall–Kier alpha value is -0.710. The number of phosphoric ester groups is 1. The standard InChI is InChI=1S/C7H9O4P.C6H15N/c8-12(9,10)11-6-7-4-2-1-3-5-7;1-4-7(5-2)6-3/h1-5H,6H2,(H2,8,9,10);4-6H2,1-3H3. The fourth-order valence-electron chi connectivity index (χ4n) is 1.40. The van der Waals surface area contributed by atoms with E-state index in [1.54, 1.807) is 24.3 Å². The third-order valence-corrected chi connectivity index (χ3v) is 3.05. The summed E-state index contributed by atoms with van der Waals surface area (Å²) in [6.45, 7) is 10.1. The number of benzene rings is 1. The Labute approximate surface area is 115 Å². The van der Waals surface area contributed by atoms with Gasteiger partial charge < -0.3 is 14.7 Å². The van der Waals surface area contributed by atoms with Gasteiger partial charge in [-0.1, -0.05) is 51.1 Å². The molecule has 0 radical (unpaired) electrons. The lowest BCUT2D eigenvalue weighted by Gasteiger charge is -2.13. The molecule has 1 rings (SSSR count). The van der Waals surface area contributed by atoms with Crippen molar-refractivity contribution in [3.05, 3.63) is 35.9 Å². The summed E-state index contributed by atoms with van der Waals surface area (Å²) in [6, 6.07) is 8.84. The molecule has 0 aromatic heterocycles. The molecule has 0 atom stereocenters. The van der Waals surface area contributed by atoms with Gasteiger partial charge in [-0.05, 0) is 25.2 Å². The molecule has 110 valence electrons. The van der Waals surface area contributed by atoms with Gasteiger partial charge in [0.15, 0.2) is 0 Å². The first-order valence-electron chi connectivity index (χ1n) is 6.39. The van der Waals surface area contributed by atoms with Crippen LogP contribution in [0.25, 0.3) is 0 Å². The highest BCUT2D eigenvalue weighted by atomic mass is 31.2. The Morgan fingerprint density at radius 2 is 1.53 bits per heavy atom. The molecule has 5 nitrogen and oxygen atoms in total. The molecule has 0 unspecified atom stereocenters. The van der Waals surface area contributed by atoms with Crippen LogP contribution in [0, 0.1) is 0 Å². The minimum atomic E-state index is -4.33. The fourth-order valence-corrected chi connectivity index (χ4v) is 1.72. The van der Waals surface area contributed by atoms with Gasteiger partial charge in [0.2, 0.25) is 0 Å². The summed E-state index contributed by atoms with van der Waals surface area (Å²) in [5.41, 5.74) is 0.737. The van der Waals surface area contributed by atoms with Crippen LogP contribution in [0.4, 0.5) is 0 Å². The van der Waals surface area contributed by atoms with Crippen LogP contribution in [0.1, 0.15) is 26.3 Å². The number of hydrogen-bond donors (Lipinski definition) is 2. The Kier molecular flexibility index (Phi) is 9.74. The van der Waals surface area contributed by atoms with Crippen LogP contribution in [0.3, 0.4) is 0 Å². The lowest BCUT2D eigenvalue weighted by atomic mass is 10.2. The van der Waals surface area contributed by atoms with E-state index < -0.39 is 7.82 Å². The quantitative estimate of drug-likeness (QED) is 0.788. The molecule has 0 spiro atoms. The number of hydrogen-bond acceptors (Lipinski definition) is 3. The molecular weight excluding hydrogens is 265 g/mol. The van der Waals surface area contributed by atoms with Gasteiger partial charge in [-0.3, -0.25) is 4.52 Å². The third kappa shape index (κ3) is 10.9. The second kappa shape index (κ2) is 10.1. The molecule has 0 heterocycles. The molecule has 1 aromatic rings. The van der Waals surface area contributed by atoms with E-state index in [-0.39, 0.29) is 6.61 Å². The molecular formula is C13H24NO4P. The van der Waals surface area contributed by atoms with Gasteiger partial charge in [0.05, 0.1) is 6.61 Å². The van der Waals surface area contributed by atoms with E-state index in [0.717, 1.165) is 5.56 Å². The molecule has 1 aromatic carbocycles. The average molecular weight is 289 g/mol. The summed E-state index contributed by atoms with van der Waals surface area (Å²) in [4.78, 5) is 19.1. The summed E-state index contributed by atoms with van der Waals surface area (Å²) in [5.74, 6) is 0. The van der Waals surface area contributed by atoms with Crippen molar-refractivity contribution in [1.29, 1.82) is 0 Å². The minimum Gasteiger partial charge on any atom is -0.304 e. The Morgan fingerprint density at radius 1 is 1.05 bits per heavy atom. The molecule has 0 fully saturated rings. The van der Waals surface area contributed by atoms with Gasteiger partial charge in [-0.2, -0.15) is 0 Å². The molecule has 6 heteroatoms. The van der Waals surface area contributed by atoms with E-state index in [2.05, 4.69) is 30.2 Å². The highest BCUT2D eigenvalue weighted by molar-refractivity contribution is 7.46. The molecule has 19 heavy (non-hydrogen) atoms. The molecule has 0 saturated heterocycles. The van der Waals surface area contributed by atoms with E-state index in [1.165, 1.54) is 19.6 Å². The van der Waals surface area contributed by atoms with Crippen LogP contribution in [0.15, 0.2) is 30.3 Å². The van der Waals surface area contributed by atoms with Crippen LogP contribution in [0.2, 0.25) is 0 Å². The van der Waals surface area contributed by atoms with E-state index in [4.69, 9.17) is 9.79 Å². The topological polar surface area (TPSA) is 70.0 Å². The maximum atomic E-state index is 10.3. The summed E-state index contributed by atoms with van der Waals surface area (Å²) in [5, 5.41) is 0. The predicted octanol–water partition coefficient (Wildman–Crippen LogP) is 2.64. The number of nitrogens with zero attached hydrogens (tertiary/aromatic N) is 1. The summed E-state index contributed by atoms with van der Waals surface area (Å²) >= 11 is 0. The normalized spacial score (nSPS) is 11.1. The summed E-state index contributed by atoms with van der Waals surface area (Å²) in [6.07, 6.45) is 0. The number of rotatable bonds is 6.